The maximum absolute atomic E-state index is 13.7. The van der Waals surface area contributed by atoms with Crippen LogP contribution in [0.5, 0.6) is 0 Å². The summed E-state index contributed by atoms with van der Waals surface area (Å²) in [5.74, 6) is -0.807. The van der Waals surface area contributed by atoms with Crippen LogP contribution in [0.15, 0.2) is 53.6 Å². The fraction of sp³-hybridized carbons (Fsp3) is 0.190. The summed E-state index contributed by atoms with van der Waals surface area (Å²) in [4.78, 5) is 21.0. The van der Waals surface area contributed by atoms with Gasteiger partial charge in [0, 0.05) is 43.1 Å². The second-order valence-electron chi connectivity index (χ2n) is 7.33. The number of hydrogen-bond acceptors (Lipinski definition) is 7. The predicted octanol–water partition coefficient (Wildman–Crippen LogP) is 2.91. The van der Waals surface area contributed by atoms with E-state index in [4.69, 9.17) is 0 Å². The average Bonchev–Trinajstić information content (AvgIpc) is 2.81. The standard InChI is InChI=1S/C21H21F2N7O3S/c22-14-5-6-17(23)18(9-14)29-21(31)26-12-13-11-25-20-28-15-3-1-4-16(10-15)34(32,33)27-8-2-7-24-19(13)30-20/h1,3-6,9-11,27H,2,7-8,12H2,(H2,26,29,31)(H2,24,25,28,30). The van der Waals surface area contributed by atoms with Crippen molar-refractivity contribution in [3.05, 3.63) is 65.9 Å². The molecule has 0 spiro atoms. The fourth-order valence-electron chi connectivity index (χ4n) is 3.14. The summed E-state index contributed by atoms with van der Waals surface area (Å²) in [5, 5.41) is 10.9. The van der Waals surface area contributed by atoms with Crippen molar-refractivity contribution in [1.29, 1.82) is 0 Å². The SMILES string of the molecule is O=C(NCc1cnc2nc1NCCCNS(=O)(=O)c1cccc(c1)N2)Nc1cc(F)ccc1F. The van der Waals surface area contributed by atoms with E-state index in [0.29, 0.717) is 30.0 Å². The largest absolute Gasteiger partial charge is 0.370 e. The molecule has 34 heavy (non-hydrogen) atoms. The van der Waals surface area contributed by atoms with Crippen LogP contribution >= 0.6 is 0 Å². The third kappa shape index (κ3) is 5.74. The first kappa shape index (κ1) is 23.3. The second kappa shape index (κ2) is 9.97. The van der Waals surface area contributed by atoms with E-state index < -0.39 is 27.7 Å². The predicted molar refractivity (Wildman–Crippen MR) is 122 cm³/mol. The van der Waals surface area contributed by atoms with Crippen LogP contribution in [0.2, 0.25) is 0 Å². The maximum atomic E-state index is 13.7. The molecule has 2 aromatic carbocycles. The van der Waals surface area contributed by atoms with Crippen LogP contribution in [0.1, 0.15) is 12.0 Å². The molecule has 5 N–H and O–H groups in total. The topological polar surface area (TPSA) is 137 Å². The van der Waals surface area contributed by atoms with Crippen LogP contribution in [0.4, 0.5) is 36.7 Å². The number of amides is 2. The zero-order valence-electron chi connectivity index (χ0n) is 17.7. The van der Waals surface area contributed by atoms with Crippen molar-refractivity contribution in [2.45, 2.75) is 17.9 Å². The lowest BCUT2D eigenvalue weighted by Crippen LogP contribution is -2.29. The van der Waals surface area contributed by atoms with E-state index in [0.717, 1.165) is 18.2 Å². The highest BCUT2D eigenvalue weighted by atomic mass is 32.2. The number of benzene rings is 2. The number of nitrogens with one attached hydrogen (secondary N) is 5. The molecule has 13 heteroatoms. The van der Waals surface area contributed by atoms with Crippen LogP contribution in [0.25, 0.3) is 0 Å². The summed E-state index contributed by atoms with van der Waals surface area (Å²) in [6.07, 6.45) is 1.97. The molecule has 0 saturated carbocycles. The second-order valence-corrected chi connectivity index (χ2v) is 9.10. The van der Waals surface area contributed by atoms with Gasteiger partial charge in [0.15, 0.2) is 0 Å². The number of anilines is 4. The molecule has 2 heterocycles. The molecule has 1 aliphatic rings. The number of fused-ring (bicyclic) bond motifs is 4. The smallest absolute Gasteiger partial charge is 0.319 e. The number of hydrogen-bond donors (Lipinski definition) is 5. The van der Waals surface area contributed by atoms with E-state index in [1.807, 2.05) is 0 Å². The van der Waals surface area contributed by atoms with Crippen molar-refractivity contribution >= 4 is 39.2 Å². The number of carbonyl (C=O) groups is 1. The van der Waals surface area contributed by atoms with Gasteiger partial charge in [-0.05, 0) is 36.8 Å². The number of aromatic nitrogens is 2. The molecule has 1 aromatic heterocycles. The van der Waals surface area contributed by atoms with E-state index in [2.05, 4.69) is 36.0 Å². The molecule has 4 rings (SSSR count). The summed E-state index contributed by atoms with van der Waals surface area (Å²) in [6.45, 7) is 0.595. The number of nitrogens with zero attached hydrogens (tertiary/aromatic N) is 2. The molecule has 2 amide bonds. The highest BCUT2D eigenvalue weighted by molar-refractivity contribution is 7.89. The third-order valence-corrected chi connectivity index (χ3v) is 6.28. The van der Waals surface area contributed by atoms with Gasteiger partial charge in [-0.3, -0.25) is 0 Å². The number of urea groups is 1. The highest BCUT2D eigenvalue weighted by Gasteiger charge is 2.16. The first-order valence-electron chi connectivity index (χ1n) is 10.3. The Kier molecular flexibility index (Phi) is 6.84. The van der Waals surface area contributed by atoms with E-state index in [1.54, 1.807) is 12.1 Å². The number of halogens is 2. The normalized spacial score (nSPS) is 14.9. The van der Waals surface area contributed by atoms with Gasteiger partial charge in [0.05, 0.1) is 10.6 Å². The lowest BCUT2D eigenvalue weighted by molar-refractivity contribution is 0.251. The molecule has 0 atom stereocenters. The molecule has 0 fully saturated rings. The van der Waals surface area contributed by atoms with Gasteiger partial charge >= 0.3 is 6.03 Å². The van der Waals surface area contributed by atoms with Gasteiger partial charge < -0.3 is 21.3 Å². The monoisotopic (exact) mass is 489 g/mol. The quantitative estimate of drug-likeness (QED) is 0.382. The van der Waals surface area contributed by atoms with Gasteiger partial charge in [0.2, 0.25) is 16.0 Å². The molecule has 10 nitrogen and oxygen atoms in total. The van der Waals surface area contributed by atoms with Gasteiger partial charge in [0.1, 0.15) is 17.5 Å². The van der Waals surface area contributed by atoms with Crippen molar-refractivity contribution in [2.75, 3.05) is 29.0 Å². The number of sulfonamides is 1. The minimum atomic E-state index is -3.66. The number of carbonyl (C=O) groups excluding carboxylic acids is 1. The summed E-state index contributed by atoms with van der Waals surface area (Å²) < 4.78 is 54.5. The number of rotatable bonds is 3. The zero-order valence-corrected chi connectivity index (χ0v) is 18.5. The molecule has 4 bridgehead atoms. The average molecular weight is 490 g/mol. The van der Waals surface area contributed by atoms with Gasteiger partial charge in [-0.15, -0.1) is 0 Å². The molecule has 0 radical (unpaired) electrons. The summed E-state index contributed by atoms with van der Waals surface area (Å²) >= 11 is 0. The Bertz CT molecular complexity index is 1320. The van der Waals surface area contributed by atoms with Crippen molar-refractivity contribution in [2.24, 2.45) is 0 Å². The Morgan fingerprint density at radius 3 is 2.82 bits per heavy atom. The van der Waals surface area contributed by atoms with Gasteiger partial charge in [-0.2, -0.15) is 4.98 Å². The first-order chi connectivity index (χ1) is 16.3. The molecule has 0 aliphatic carbocycles. The van der Waals surface area contributed by atoms with E-state index in [1.165, 1.54) is 18.3 Å². The fourth-order valence-corrected chi connectivity index (χ4v) is 4.26. The van der Waals surface area contributed by atoms with Gasteiger partial charge in [-0.1, -0.05) is 6.07 Å². The molecular weight excluding hydrogens is 468 g/mol. The lowest BCUT2D eigenvalue weighted by atomic mass is 10.3. The molecule has 178 valence electrons. The van der Waals surface area contributed by atoms with Crippen LogP contribution in [-0.2, 0) is 16.6 Å². The van der Waals surface area contributed by atoms with E-state index in [-0.39, 0.29) is 29.6 Å². The van der Waals surface area contributed by atoms with Crippen LogP contribution in [0.3, 0.4) is 0 Å². The Balaban J connectivity index is 1.50. The van der Waals surface area contributed by atoms with Crippen LogP contribution in [-0.4, -0.2) is 37.5 Å². The molecule has 0 saturated heterocycles. The Labute approximate surface area is 194 Å². The van der Waals surface area contributed by atoms with E-state index >= 15 is 0 Å². The molecule has 1 aliphatic heterocycles. The molecule has 3 aromatic rings. The summed E-state index contributed by atoms with van der Waals surface area (Å²) in [6, 6.07) is 8.26. The van der Waals surface area contributed by atoms with Crippen LogP contribution in [0, 0.1) is 11.6 Å². The Morgan fingerprint density at radius 2 is 1.97 bits per heavy atom. The Morgan fingerprint density at radius 1 is 1.12 bits per heavy atom. The molecule has 0 unspecified atom stereocenters. The maximum Gasteiger partial charge on any atom is 0.319 e. The van der Waals surface area contributed by atoms with E-state index in [9.17, 15) is 22.0 Å². The highest BCUT2D eigenvalue weighted by Crippen LogP contribution is 2.21. The Hall–Kier alpha value is -3.84. The lowest BCUT2D eigenvalue weighted by Gasteiger charge is -2.14. The van der Waals surface area contributed by atoms with Gasteiger partial charge in [0.25, 0.3) is 0 Å². The molecular formula is C21H21F2N7O3S. The minimum Gasteiger partial charge on any atom is -0.370 e. The third-order valence-electron chi connectivity index (χ3n) is 4.82. The van der Waals surface area contributed by atoms with Crippen molar-refractivity contribution in [3.63, 3.8) is 0 Å². The van der Waals surface area contributed by atoms with Gasteiger partial charge in [-0.25, -0.2) is 31.7 Å². The zero-order chi connectivity index (χ0) is 24.1. The van der Waals surface area contributed by atoms with Crippen molar-refractivity contribution < 1.29 is 22.0 Å². The minimum absolute atomic E-state index is 0.00645. The summed E-state index contributed by atoms with van der Waals surface area (Å²) in [5.41, 5.74) is 0.724. The van der Waals surface area contributed by atoms with Crippen molar-refractivity contribution in [1.82, 2.24) is 20.0 Å². The summed E-state index contributed by atoms with van der Waals surface area (Å²) in [7, 11) is -3.66. The first-order valence-corrected chi connectivity index (χ1v) is 11.7. The van der Waals surface area contributed by atoms with Crippen LogP contribution < -0.4 is 26.0 Å². The van der Waals surface area contributed by atoms with Crippen molar-refractivity contribution in [3.8, 4) is 0 Å².